The predicted molar refractivity (Wildman–Crippen MR) is 70.0 cm³/mol. The lowest BCUT2D eigenvalue weighted by Gasteiger charge is -2.16. The largest absolute Gasteiger partial charge is 0.271 e. The van der Waals surface area contributed by atoms with Gasteiger partial charge in [-0.2, -0.15) is 0 Å². The van der Waals surface area contributed by atoms with Crippen LogP contribution in [0.15, 0.2) is 24.3 Å². The molecule has 0 saturated carbocycles. The van der Waals surface area contributed by atoms with Gasteiger partial charge in [-0.3, -0.25) is 11.3 Å². The van der Waals surface area contributed by atoms with Crippen LogP contribution in [0.2, 0.25) is 0 Å². The van der Waals surface area contributed by atoms with Gasteiger partial charge >= 0.3 is 0 Å². The number of nitrogens with one attached hydrogen (secondary N) is 1. The summed E-state index contributed by atoms with van der Waals surface area (Å²) in [4.78, 5) is 0. The lowest BCUT2D eigenvalue weighted by Crippen LogP contribution is -2.36. The van der Waals surface area contributed by atoms with Crippen molar-refractivity contribution in [3.8, 4) is 0 Å². The zero-order chi connectivity index (χ0) is 12.5. The topological polar surface area (TPSA) is 38.0 Å². The quantitative estimate of drug-likeness (QED) is 0.415. The average Bonchev–Trinajstić information content (AvgIpc) is 2.35. The molecule has 0 aliphatic heterocycles. The summed E-state index contributed by atoms with van der Waals surface area (Å²) in [5, 5.41) is 0. The number of rotatable bonds is 8. The molecule has 0 aromatic heterocycles. The number of hydrogen-bond acceptors (Lipinski definition) is 2. The highest BCUT2D eigenvalue weighted by Crippen LogP contribution is 2.13. The third kappa shape index (κ3) is 5.29. The van der Waals surface area contributed by atoms with E-state index in [2.05, 4.69) is 12.3 Å². The normalized spacial score (nSPS) is 12.6. The number of unbranched alkanes of at least 4 members (excludes halogenated alkanes) is 3. The summed E-state index contributed by atoms with van der Waals surface area (Å²) in [6, 6.07) is 7.07. The Morgan fingerprint density at radius 3 is 2.65 bits per heavy atom. The van der Waals surface area contributed by atoms with Crippen molar-refractivity contribution in [2.75, 3.05) is 0 Å². The summed E-state index contributed by atoms with van der Waals surface area (Å²) in [5.74, 6) is 5.38. The van der Waals surface area contributed by atoms with Crippen LogP contribution in [-0.2, 0) is 6.42 Å². The molecule has 0 radical (unpaired) electrons. The highest BCUT2D eigenvalue weighted by molar-refractivity contribution is 5.18. The highest BCUT2D eigenvalue weighted by atomic mass is 19.1. The van der Waals surface area contributed by atoms with Gasteiger partial charge in [0.25, 0.3) is 0 Å². The van der Waals surface area contributed by atoms with Gasteiger partial charge in [0, 0.05) is 6.04 Å². The SMILES string of the molecule is CCCCCCC(Cc1ccccc1F)NN. The van der Waals surface area contributed by atoms with E-state index in [1.807, 2.05) is 12.1 Å². The summed E-state index contributed by atoms with van der Waals surface area (Å²) < 4.78 is 13.5. The van der Waals surface area contributed by atoms with Crippen LogP contribution in [0.1, 0.15) is 44.6 Å². The third-order valence-electron chi connectivity index (χ3n) is 3.07. The standard InChI is InChI=1S/C14H23FN2/c1-2-3-4-5-9-13(17-16)11-12-8-6-7-10-14(12)15/h6-8,10,13,17H,2-5,9,11,16H2,1H3. The van der Waals surface area contributed by atoms with Crippen molar-refractivity contribution in [1.82, 2.24) is 5.43 Å². The molecule has 0 aliphatic carbocycles. The number of hydrazine groups is 1. The van der Waals surface area contributed by atoms with Crippen LogP contribution in [0.25, 0.3) is 0 Å². The molecule has 0 amide bonds. The Morgan fingerprint density at radius 1 is 1.24 bits per heavy atom. The number of hydrogen-bond donors (Lipinski definition) is 2. The van der Waals surface area contributed by atoms with E-state index in [4.69, 9.17) is 5.84 Å². The van der Waals surface area contributed by atoms with Crippen molar-refractivity contribution in [3.63, 3.8) is 0 Å². The van der Waals surface area contributed by atoms with Gasteiger partial charge in [0.15, 0.2) is 0 Å². The molecule has 0 aliphatic rings. The van der Waals surface area contributed by atoms with Gasteiger partial charge in [-0.25, -0.2) is 4.39 Å². The molecule has 1 aromatic carbocycles. The third-order valence-corrected chi connectivity index (χ3v) is 3.07. The van der Waals surface area contributed by atoms with Gasteiger partial charge in [0.1, 0.15) is 5.82 Å². The van der Waals surface area contributed by atoms with E-state index in [0.717, 1.165) is 18.4 Å². The molecule has 17 heavy (non-hydrogen) atoms. The van der Waals surface area contributed by atoms with Crippen molar-refractivity contribution in [2.45, 2.75) is 51.5 Å². The molecular formula is C14H23FN2. The van der Waals surface area contributed by atoms with E-state index in [1.54, 1.807) is 6.07 Å². The van der Waals surface area contributed by atoms with E-state index in [9.17, 15) is 4.39 Å². The maximum Gasteiger partial charge on any atom is 0.126 e. The van der Waals surface area contributed by atoms with Crippen molar-refractivity contribution in [3.05, 3.63) is 35.6 Å². The van der Waals surface area contributed by atoms with Crippen LogP contribution in [0.5, 0.6) is 0 Å². The van der Waals surface area contributed by atoms with Crippen LogP contribution in [-0.4, -0.2) is 6.04 Å². The van der Waals surface area contributed by atoms with Gasteiger partial charge in [-0.1, -0.05) is 50.8 Å². The van der Waals surface area contributed by atoms with Gasteiger partial charge in [-0.05, 0) is 24.5 Å². The van der Waals surface area contributed by atoms with Crippen molar-refractivity contribution < 1.29 is 4.39 Å². The van der Waals surface area contributed by atoms with E-state index < -0.39 is 0 Å². The highest BCUT2D eigenvalue weighted by Gasteiger charge is 2.10. The first-order valence-electron chi connectivity index (χ1n) is 6.47. The molecule has 3 heteroatoms. The summed E-state index contributed by atoms with van der Waals surface area (Å²) >= 11 is 0. The van der Waals surface area contributed by atoms with Crippen LogP contribution in [0, 0.1) is 5.82 Å². The van der Waals surface area contributed by atoms with E-state index in [0.29, 0.717) is 6.42 Å². The number of nitrogens with two attached hydrogens (primary N) is 1. The first-order chi connectivity index (χ1) is 8.27. The first kappa shape index (κ1) is 14.1. The minimum atomic E-state index is -0.138. The molecule has 1 unspecified atom stereocenters. The Kier molecular flexibility index (Phi) is 6.82. The summed E-state index contributed by atoms with van der Waals surface area (Å²) in [7, 11) is 0. The zero-order valence-electron chi connectivity index (χ0n) is 10.6. The average molecular weight is 238 g/mol. The van der Waals surface area contributed by atoms with Crippen LogP contribution in [0.3, 0.4) is 0 Å². The number of benzene rings is 1. The Bertz CT molecular complexity index is 315. The van der Waals surface area contributed by atoms with Gasteiger partial charge in [0.05, 0.1) is 0 Å². The van der Waals surface area contributed by atoms with Gasteiger partial charge in [-0.15, -0.1) is 0 Å². The fourth-order valence-corrected chi connectivity index (χ4v) is 1.99. The van der Waals surface area contributed by atoms with Crippen molar-refractivity contribution >= 4 is 0 Å². The molecule has 96 valence electrons. The molecule has 1 rings (SSSR count). The second-order valence-corrected chi connectivity index (χ2v) is 4.51. The van der Waals surface area contributed by atoms with Crippen LogP contribution >= 0.6 is 0 Å². The molecule has 0 heterocycles. The molecule has 3 N–H and O–H groups in total. The summed E-state index contributed by atoms with van der Waals surface area (Å²) in [6.07, 6.45) is 6.54. The minimum Gasteiger partial charge on any atom is -0.271 e. The fourth-order valence-electron chi connectivity index (χ4n) is 1.99. The Hall–Kier alpha value is -0.930. The Balaban J connectivity index is 2.38. The lowest BCUT2D eigenvalue weighted by molar-refractivity contribution is 0.455. The predicted octanol–water partition coefficient (Wildman–Crippen LogP) is 3.17. The van der Waals surface area contributed by atoms with E-state index in [1.165, 1.54) is 25.3 Å². The zero-order valence-corrected chi connectivity index (χ0v) is 10.6. The fraction of sp³-hybridized carbons (Fsp3) is 0.571. The van der Waals surface area contributed by atoms with E-state index in [-0.39, 0.29) is 11.9 Å². The van der Waals surface area contributed by atoms with Crippen LogP contribution < -0.4 is 11.3 Å². The smallest absolute Gasteiger partial charge is 0.126 e. The molecule has 0 saturated heterocycles. The molecule has 1 aromatic rings. The van der Waals surface area contributed by atoms with Gasteiger partial charge < -0.3 is 0 Å². The maximum atomic E-state index is 13.5. The second kappa shape index (κ2) is 8.20. The van der Waals surface area contributed by atoms with Crippen molar-refractivity contribution in [1.29, 1.82) is 0 Å². The summed E-state index contributed by atoms with van der Waals surface area (Å²) in [6.45, 7) is 2.19. The van der Waals surface area contributed by atoms with Crippen molar-refractivity contribution in [2.24, 2.45) is 5.84 Å². The molecular weight excluding hydrogens is 215 g/mol. The molecule has 1 atom stereocenters. The maximum absolute atomic E-state index is 13.5. The second-order valence-electron chi connectivity index (χ2n) is 4.51. The summed E-state index contributed by atoms with van der Waals surface area (Å²) in [5.41, 5.74) is 3.53. The molecule has 0 fully saturated rings. The van der Waals surface area contributed by atoms with Gasteiger partial charge in [0.2, 0.25) is 0 Å². The first-order valence-corrected chi connectivity index (χ1v) is 6.47. The molecule has 0 spiro atoms. The van der Waals surface area contributed by atoms with Crippen LogP contribution in [0.4, 0.5) is 4.39 Å². The molecule has 0 bridgehead atoms. The Labute approximate surface area is 103 Å². The number of halogens is 1. The lowest BCUT2D eigenvalue weighted by atomic mass is 10.0. The Morgan fingerprint density at radius 2 is 2.00 bits per heavy atom. The minimum absolute atomic E-state index is 0.138. The molecule has 2 nitrogen and oxygen atoms in total. The van der Waals surface area contributed by atoms with E-state index >= 15 is 0 Å². The monoisotopic (exact) mass is 238 g/mol.